The molecule has 0 radical (unpaired) electrons. The fourth-order valence-corrected chi connectivity index (χ4v) is 2.64. The van der Waals surface area contributed by atoms with Crippen molar-refractivity contribution in [1.29, 1.82) is 0 Å². The molecule has 1 atom stereocenters. The number of nitrogens with two attached hydrogens (primary N) is 1. The number of carbonyl (C=O) groups excluding carboxylic acids is 2. The zero-order chi connectivity index (χ0) is 15.9. The number of rotatable bonds is 5. The molecule has 0 saturated carbocycles. The van der Waals surface area contributed by atoms with Gasteiger partial charge < -0.3 is 20.3 Å². The van der Waals surface area contributed by atoms with Gasteiger partial charge >= 0.3 is 6.09 Å². The fraction of sp³-hybridized carbons (Fsp3) is 0.500. The summed E-state index contributed by atoms with van der Waals surface area (Å²) in [6.45, 7) is 1.42. The van der Waals surface area contributed by atoms with Crippen LogP contribution in [0, 0.1) is 0 Å². The molecule has 1 heterocycles. The Labute approximate surface area is 130 Å². The quantitative estimate of drug-likeness (QED) is 0.887. The normalized spacial score (nSPS) is 17.4. The van der Waals surface area contributed by atoms with Crippen LogP contribution in [-0.2, 0) is 16.1 Å². The third-order valence-electron chi connectivity index (χ3n) is 3.90. The predicted octanol–water partition coefficient (Wildman–Crippen LogP) is 1.20. The highest BCUT2D eigenvalue weighted by atomic mass is 16.6. The van der Waals surface area contributed by atoms with Crippen molar-refractivity contribution in [2.24, 2.45) is 5.73 Å². The molecule has 0 spiro atoms. The molecule has 0 bridgehead atoms. The predicted molar refractivity (Wildman–Crippen MR) is 83.0 cm³/mol. The number of nitrogens with zero attached hydrogens (tertiary/aromatic N) is 2. The van der Waals surface area contributed by atoms with Gasteiger partial charge in [0, 0.05) is 20.1 Å². The van der Waals surface area contributed by atoms with Crippen molar-refractivity contribution in [2.75, 3.05) is 26.7 Å². The van der Waals surface area contributed by atoms with Gasteiger partial charge in [0.05, 0.1) is 12.6 Å². The molecule has 1 aromatic carbocycles. The largest absolute Gasteiger partial charge is 0.445 e. The van der Waals surface area contributed by atoms with E-state index in [-0.39, 0.29) is 31.2 Å². The van der Waals surface area contributed by atoms with Gasteiger partial charge in [0.25, 0.3) is 0 Å². The highest BCUT2D eigenvalue weighted by Crippen LogP contribution is 2.19. The number of ether oxygens (including phenoxy) is 1. The Bertz CT molecular complexity index is 507. The highest BCUT2D eigenvalue weighted by molar-refractivity contribution is 5.77. The van der Waals surface area contributed by atoms with Crippen LogP contribution in [0.25, 0.3) is 0 Å². The summed E-state index contributed by atoms with van der Waals surface area (Å²) in [5.41, 5.74) is 6.32. The van der Waals surface area contributed by atoms with E-state index in [1.54, 1.807) is 16.8 Å². The van der Waals surface area contributed by atoms with Gasteiger partial charge in [-0.05, 0) is 18.4 Å². The smallest absolute Gasteiger partial charge is 0.410 e. The summed E-state index contributed by atoms with van der Waals surface area (Å²) in [7, 11) is 1.71. The van der Waals surface area contributed by atoms with Gasteiger partial charge in [-0.2, -0.15) is 0 Å². The number of benzene rings is 1. The Hall–Kier alpha value is -2.08. The molecule has 1 aliphatic rings. The van der Waals surface area contributed by atoms with Crippen molar-refractivity contribution in [2.45, 2.75) is 25.5 Å². The van der Waals surface area contributed by atoms with Gasteiger partial charge in [0.2, 0.25) is 5.91 Å². The number of likely N-dealkylation sites (tertiary alicyclic amines) is 1. The Balaban J connectivity index is 1.86. The average Bonchev–Trinajstić information content (AvgIpc) is 3.00. The lowest BCUT2D eigenvalue weighted by molar-refractivity contribution is -0.129. The molecule has 120 valence electrons. The first-order valence-corrected chi connectivity index (χ1v) is 7.53. The third kappa shape index (κ3) is 4.21. The van der Waals surface area contributed by atoms with Crippen LogP contribution in [0.5, 0.6) is 0 Å². The second-order valence-electron chi connectivity index (χ2n) is 5.51. The van der Waals surface area contributed by atoms with Gasteiger partial charge in [0.1, 0.15) is 6.61 Å². The molecule has 0 aliphatic carbocycles. The molecular formula is C16H23N3O3. The summed E-state index contributed by atoms with van der Waals surface area (Å²) >= 11 is 0. The zero-order valence-electron chi connectivity index (χ0n) is 12.9. The monoisotopic (exact) mass is 305 g/mol. The van der Waals surface area contributed by atoms with Crippen LogP contribution in [0.4, 0.5) is 4.79 Å². The molecule has 2 N–H and O–H groups in total. The number of carbonyl (C=O) groups is 2. The summed E-state index contributed by atoms with van der Waals surface area (Å²) in [6.07, 6.45) is 1.48. The molecule has 1 saturated heterocycles. The van der Waals surface area contributed by atoms with Crippen LogP contribution in [0.3, 0.4) is 0 Å². The molecular weight excluding hydrogens is 282 g/mol. The van der Waals surface area contributed by atoms with Gasteiger partial charge in [-0.15, -0.1) is 0 Å². The van der Waals surface area contributed by atoms with Crippen molar-refractivity contribution in [1.82, 2.24) is 9.80 Å². The minimum atomic E-state index is -0.319. The van der Waals surface area contributed by atoms with E-state index >= 15 is 0 Å². The lowest BCUT2D eigenvalue weighted by Gasteiger charge is -2.28. The fourth-order valence-electron chi connectivity index (χ4n) is 2.64. The number of likely N-dealkylation sites (N-methyl/N-ethyl adjacent to an activating group) is 1. The van der Waals surface area contributed by atoms with E-state index in [0.29, 0.717) is 13.1 Å². The molecule has 2 rings (SSSR count). The molecule has 0 aromatic heterocycles. The van der Waals surface area contributed by atoms with Crippen molar-refractivity contribution in [3.8, 4) is 0 Å². The maximum Gasteiger partial charge on any atom is 0.410 e. The maximum atomic E-state index is 12.2. The van der Waals surface area contributed by atoms with Gasteiger partial charge in [-0.25, -0.2) is 4.79 Å². The summed E-state index contributed by atoms with van der Waals surface area (Å²) < 4.78 is 5.37. The van der Waals surface area contributed by atoms with Gasteiger partial charge in [0.15, 0.2) is 0 Å². The van der Waals surface area contributed by atoms with Crippen LogP contribution in [0.2, 0.25) is 0 Å². The lowest BCUT2D eigenvalue weighted by atomic mass is 10.2. The second kappa shape index (κ2) is 7.79. The van der Waals surface area contributed by atoms with E-state index in [2.05, 4.69) is 0 Å². The van der Waals surface area contributed by atoms with E-state index in [0.717, 1.165) is 18.4 Å². The zero-order valence-corrected chi connectivity index (χ0v) is 12.9. The topological polar surface area (TPSA) is 75.9 Å². The van der Waals surface area contributed by atoms with E-state index < -0.39 is 0 Å². The Kier molecular flexibility index (Phi) is 5.77. The standard InChI is InChI=1S/C16H23N3O3/c1-18(15(20)10-17)11-14-8-5-9-19(14)16(21)22-12-13-6-3-2-4-7-13/h2-4,6-7,14H,5,8-12,17H2,1H3/t14-/m0/s1. The van der Waals surface area contributed by atoms with Crippen LogP contribution in [0.1, 0.15) is 18.4 Å². The molecule has 22 heavy (non-hydrogen) atoms. The van der Waals surface area contributed by atoms with Gasteiger partial charge in [-0.1, -0.05) is 30.3 Å². The summed E-state index contributed by atoms with van der Waals surface area (Å²) in [5, 5.41) is 0. The first-order chi connectivity index (χ1) is 10.6. The first kappa shape index (κ1) is 16.3. The van der Waals surface area contributed by atoms with Crippen molar-refractivity contribution >= 4 is 12.0 Å². The van der Waals surface area contributed by atoms with Crippen molar-refractivity contribution in [3.05, 3.63) is 35.9 Å². The molecule has 2 amide bonds. The van der Waals surface area contributed by atoms with Crippen molar-refractivity contribution in [3.63, 3.8) is 0 Å². The molecule has 6 heteroatoms. The molecule has 0 unspecified atom stereocenters. The van der Waals surface area contributed by atoms with E-state index in [9.17, 15) is 9.59 Å². The minimum Gasteiger partial charge on any atom is -0.445 e. The molecule has 6 nitrogen and oxygen atoms in total. The summed E-state index contributed by atoms with van der Waals surface area (Å²) in [5.74, 6) is -0.121. The summed E-state index contributed by atoms with van der Waals surface area (Å²) in [6, 6.07) is 9.59. The van der Waals surface area contributed by atoms with E-state index in [4.69, 9.17) is 10.5 Å². The Morgan fingerprint density at radius 2 is 2.09 bits per heavy atom. The Morgan fingerprint density at radius 1 is 1.36 bits per heavy atom. The minimum absolute atomic E-state index is 0.00349. The van der Waals surface area contributed by atoms with Crippen LogP contribution < -0.4 is 5.73 Å². The third-order valence-corrected chi connectivity index (χ3v) is 3.90. The van der Waals surface area contributed by atoms with Crippen LogP contribution in [0.15, 0.2) is 30.3 Å². The van der Waals surface area contributed by atoms with Crippen molar-refractivity contribution < 1.29 is 14.3 Å². The number of hydrogen-bond donors (Lipinski definition) is 1. The van der Waals surface area contributed by atoms with E-state index in [1.807, 2.05) is 30.3 Å². The molecule has 1 aliphatic heterocycles. The van der Waals surface area contributed by atoms with Gasteiger partial charge in [-0.3, -0.25) is 4.79 Å². The number of hydrogen-bond acceptors (Lipinski definition) is 4. The SMILES string of the molecule is CN(C[C@@H]1CCCN1C(=O)OCc1ccccc1)C(=O)CN. The average molecular weight is 305 g/mol. The van der Waals surface area contributed by atoms with Crippen LogP contribution >= 0.6 is 0 Å². The molecule has 1 aromatic rings. The Morgan fingerprint density at radius 3 is 2.77 bits per heavy atom. The second-order valence-corrected chi connectivity index (χ2v) is 5.51. The van der Waals surface area contributed by atoms with E-state index in [1.165, 1.54) is 0 Å². The number of amides is 2. The molecule has 1 fully saturated rings. The highest BCUT2D eigenvalue weighted by Gasteiger charge is 2.31. The summed E-state index contributed by atoms with van der Waals surface area (Å²) in [4.78, 5) is 27.1. The first-order valence-electron chi connectivity index (χ1n) is 7.53. The maximum absolute atomic E-state index is 12.2. The van der Waals surface area contributed by atoms with Crippen LogP contribution in [-0.4, -0.2) is 54.5 Å². The lowest BCUT2D eigenvalue weighted by Crippen LogP contribution is -2.45.